The Balaban J connectivity index is 1.72. The van der Waals surface area contributed by atoms with E-state index in [0.717, 1.165) is 17.4 Å². The van der Waals surface area contributed by atoms with Gasteiger partial charge in [0.2, 0.25) is 0 Å². The lowest BCUT2D eigenvalue weighted by Crippen LogP contribution is -2.28. The zero-order valence-electron chi connectivity index (χ0n) is 13.8. The normalized spacial score (nSPS) is 19.9. The van der Waals surface area contributed by atoms with Crippen LogP contribution in [0.3, 0.4) is 0 Å². The van der Waals surface area contributed by atoms with Gasteiger partial charge in [0, 0.05) is 34.9 Å². The second-order valence-electron chi connectivity index (χ2n) is 6.06. The summed E-state index contributed by atoms with van der Waals surface area (Å²) >= 11 is 7.49. The molecule has 3 aromatic rings. The van der Waals surface area contributed by atoms with E-state index >= 15 is 0 Å². The Kier molecular flexibility index (Phi) is 4.46. The number of hydrogen-bond donors (Lipinski definition) is 1. The van der Waals surface area contributed by atoms with E-state index in [1.807, 2.05) is 54.2 Å². The number of pyridine rings is 2. The van der Waals surface area contributed by atoms with Gasteiger partial charge in [-0.3, -0.25) is 9.97 Å². The van der Waals surface area contributed by atoms with E-state index in [4.69, 9.17) is 12.2 Å². The summed E-state index contributed by atoms with van der Waals surface area (Å²) < 4.78 is 0. The van der Waals surface area contributed by atoms with E-state index in [-0.39, 0.29) is 12.1 Å². The summed E-state index contributed by atoms with van der Waals surface area (Å²) in [5, 5.41) is 4.25. The summed E-state index contributed by atoms with van der Waals surface area (Å²) in [5.41, 5.74) is 2.21. The summed E-state index contributed by atoms with van der Waals surface area (Å²) in [7, 11) is 0. The van der Waals surface area contributed by atoms with E-state index in [0.29, 0.717) is 0 Å². The Bertz CT molecular complexity index is 863. The van der Waals surface area contributed by atoms with Crippen LogP contribution in [0.2, 0.25) is 0 Å². The van der Waals surface area contributed by atoms with Crippen LogP contribution in [0.4, 0.5) is 0 Å². The molecule has 2 atom stereocenters. The maximum absolute atomic E-state index is 5.68. The molecule has 0 amide bonds. The Labute approximate surface area is 156 Å². The van der Waals surface area contributed by atoms with Crippen LogP contribution in [0.1, 0.15) is 33.1 Å². The number of thiocarbonyl (C=S) groups is 1. The van der Waals surface area contributed by atoms with Crippen LogP contribution in [0, 0.1) is 6.92 Å². The number of nitrogens with one attached hydrogen (secondary N) is 1. The van der Waals surface area contributed by atoms with Crippen molar-refractivity contribution in [3.05, 3.63) is 82.1 Å². The lowest BCUT2D eigenvalue weighted by molar-refractivity contribution is 0.315. The van der Waals surface area contributed by atoms with Crippen molar-refractivity contribution in [3.8, 4) is 0 Å². The van der Waals surface area contributed by atoms with Crippen LogP contribution in [0.25, 0.3) is 0 Å². The first-order valence-corrected chi connectivity index (χ1v) is 9.38. The van der Waals surface area contributed by atoms with Gasteiger partial charge in [-0.05, 0) is 61.1 Å². The Hall–Kier alpha value is -2.31. The van der Waals surface area contributed by atoms with Crippen LogP contribution >= 0.6 is 23.6 Å². The maximum atomic E-state index is 5.68. The monoisotopic (exact) mass is 366 g/mol. The standard InChI is InChI=1S/C19H18N4S2/c1-13-5-6-16(25-13)18-17(15-4-2-3-9-21-15)22-19(24)23(18)12-14-7-10-20-11-8-14/h2-11,17-18H,12H2,1H3,(H,22,24)/t17-,18+/m1/s1. The van der Waals surface area contributed by atoms with Crippen molar-refractivity contribution in [2.24, 2.45) is 0 Å². The number of nitrogens with zero attached hydrogens (tertiary/aromatic N) is 3. The lowest BCUT2D eigenvalue weighted by Gasteiger charge is -2.26. The average Bonchev–Trinajstić information content (AvgIpc) is 3.20. The number of thiophene rings is 1. The third kappa shape index (κ3) is 3.27. The van der Waals surface area contributed by atoms with Gasteiger partial charge in [-0.1, -0.05) is 6.07 Å². The van der Waals surface area contributed by atoms with Gasteiger partial charge in [-0.15, -0.1) is 11.3 Å². The number of aromatic nitrogens is 2. The second-order valence-corrected chi connectivity index (χ2v) is 7.76. The van der Waals surface area contributed by atoms with Crippen LogP contribution < -0.4 is 5.32 Å². The molecule has 1 saturated heterocycles. The summed E-state index contributed by atoms with van der Waals surface area (Å²) in [6, 6.07) is 14.6. The predicted octanol–water partition coefficient (Wildman–Crippen LogP) is 4.02. The fourth-order valence-corrected chi connectivity index (χ4v) is 4.52. The van der Waals surface area contributed by atoms with Crippen molar-refractivity contribution in [1.29, 1.82) is 0 Å². The highest BCUT2D eigenvalue weighted by atomic mass is 32.1. The lowest BCUT2D eigenvalue weighted by atomic mass is 10.0. The van der Waals surface area contributed by atoms with Crippen LogP contribution in [0.15, 0.2) is 61.1 Å². The van der Waals surface area contributed by atoms with Crippen molar-refractivity contribution in [2.75, 3.05) is 0 Å². The summed E-state index contributed by atoms with van der Waals surface area (Å²) in [6.45, 7) is 2.89. The molecule has 4 rings (SSSR count). The van der Waals surface area contributed by atoms with Gasteiger partial charge in [0.25, 0.3) is 0 Å². The van der Waals surface area contributed by atoms with Gasteiger partial charge in [0.15, 0.2) is 5.11 Å². The average molecular weight is 367 g/mol. The first kappa shape index (κ1) is 16.2. The molecule has 1 aliphatic heterocycles. The van der Waals surface area contributed by atoms with Gasteiger partial charge in [-0.2, -0.15) is 0 Å². The van der Waals surface area contributed by atoms with Gasteiger partial charge >= 0.3 is 0 Å². The fourth-order valence-electron chi connectivity index (χ4n) is 3.18. The minimum atomic E-state index is 0.0496. The minimum absolute atomic E-state index is 0.0496. The SMILES string of the molecule is Cc1ccc([C@H]2[C@@H](c3ccccn3)NC(=S)N2Cc2ccncc2)s1. The molecule has 0 spiro atoms. The molecule has 0 aromatic carbocycles. The zero-order chi connectivity index (χ0) is 17.2. The van der Waals surface area contributed by atoms with Crippen molar-refractivity contribution < 1.29 is 0 Å². The highest BCUT2D eigenvalue weighted by molar-refractivity contribution is 7.80. The topological polar surface area (TPSA) is 41.1 Å². The van der Waals surface area contributed by atoms with Crippen molar-refractivity contribution >= 4 is 28.7 Å². The molecule has 0 bridgehead atoms. The smallest absolute Gasteiger partial charge is 0.170 e. The van der Waals surface area contributed by atoms with Gasteiger partial charge in [0.1, 0.15) is 0 Å². The highest BCUT2D eigenvalue weighted by Crippen LogP contribution is 2.41. The molecule has 0 aliphatic carbocycles. The third-order valence-corrected chi connectivity index (χ3v) is 5.78. The van der Waals surface area contributed by atoms with Crippen molar-refractivity contribution in [2.45, 2.75) is 25.6 Å². The maximum Gasteiger partial charge on any atom is 0.170 e. The largest absolute Gasteiger partial charge is 0.352 e. The molecule has 0 unspecified atom stereocenters. The molecule has 1 fully saturated rings. The summed E-state index contributed by atoms with van der Waals surface area (Å²) in [6.07, 6.45) is 5.48. The predicted molar refractivity (Wildman–Crippen MR) is 104 cm³/mol. The molecular weight excluding hydrogens is 348 g/mol. The summed E-state index contributed by atoms with van der Waals surface area (Å²) in [5.74, 6) is 0. The molecule has 4 heterocycles. The fraction of sp³-hybridized carbons (Fsp3) is 0.211. The van der Waals surface area contributed by atoms with Crippen LogP contribution in [-0.4, -0.2) is 20.0 Å². The Morgan fingerprint density at radius 2 is 1.96 bits per heavy atom. The van der Waals surface area contributed by atoms with Gasteiger partial charge < -0.3 is 10.2 Å². The van der Waals surface area contributed by atoms with E-state index in [9.17, 15) is 0 Å². The van der Waals surface area contributed by atoms with Crippen molar-refractivity contribution in [3.63, 3.8) is 0 Å². The zero-order valence-corrected chi connectivity index (χ0v) is 15.4. The summed E-state index contributed by atoms with van der Waals surface area (Å²) in [4.78, 5) is 13.5. The number of rotatable bonds is 4. The molecule has 0 radical (unpaired) electrons. The van der Waals surface area contributed by atoms with Crippen LogP contribution in [-0.2, 0) is 6.54 Å². The Morgan fingerprint density at radius 1 is 1.12 bits per heavy atom. The van der Waals surface area contributed by atoms with E-state index < -0.39 is 0 Å². The first-order valence-electron chi connectivity index (χ1n) is 8.15. The molecule has 1 N–H and O–H groups in total. The molecule has 4 nitrogen and oxygen atoms in total. The highest BCUT2D eigenvalue weighted by Gasteiger charge is 2.40. The van der Waals surface area contributed by atoms with Gasteiger partial charge in [-0.25, -0.2) is 0 Å². The van der Waals surface area contributed by atoms with E-state index in [1.165, 1.54) is 15.3 Å². The van der Waals surface area contributed by atoms with E-state index in [1.54, 1.807) is 0 Å². The van der Waals surface area contributed by atoms with Crippen LogP contribution in [0.5, 0.6) is 0 Å². The number of aryl methyl sites for hydroxylation is 1. The third-order valence-electron chi connectivity index (χ3n) is 4.35. The molecule has 25 heavy (non-hydrogen) atoms. The molecule has 3 aromatic heterocycles. The molecule has 6 heteroatoms. The molecule has 126 valence electrons. The number of hydrogen-bond acceptors (Lipinski definition) is 4. The minimum Gasteiger partial charge on any atom is -0.352 e. The molecule has 1 aliphatic rings. The van der Waals surface area contributed by atoms with E-state index in [2.05, 4.69) is 45.3 Å². The molecular formula is C19H18N4S2. The van der Waals surface area contributed by atoms with Gasteiger partial charge in [0.05, 0.1) is 17.8 Å². The molecule has 0 saturated carbocycles. The quantitative estimate of drug-likeness (QED) is 0.706. The first-order chi connectivity index (χ1) is 12.2. The second kappa shape index (κ2) is 6.90. The van der Waals surface area contributed by atoms with Crippen molar-refractivity contribution in [1.82, 2.24) is 20.2 Å². The Morgan fingerprint density at radius 3 is 2.64 bits per heavy atom.